The zero-order valence-electron chi connectivity index (χ0n) is 13.5. The van der Waals surface area contributed by atoms with Crippen LogP contribution in [-0.4, -0.2) is 33.0 Å². The number of benzene rings is 1. The molecule has 0 spiro atoms. The molecule has 2 aromatic rings. The lowest BCUT2D eigenvalue weighted by molar-refractivity contribution is -0.139. The molecular formula is C17H15BrF2N2O4. The summed E-state index contributed by atoms with van der Waals surface area (Å²) in [6, 6.07) is 6.01. The summed E-state index contributed by atoms with van der Waals surface area (Å²) in [5.74, 6) is -3.70. The average Bonchev–Trinajstić information content (AvgIpc) is 2.57. The van der Waals surface area contributed by atoms with Crippen molar-refractivity contribution in [3.05, 3.63) is 68.6 Å². The van der Waals surface area contributed by atoms with Crippen LogP contribution in [0.25, 0.3) is 0 Å². The molecule has 0 bridgehead atoms. The summed E-state index contributed by atoms with van der Waals surface area (Å²) in [7, 11) is 0. The Hall–Kier alpha value is -2.55. The van der Waals surface area contributed by atoms with E-state index in [1.807, 2.05) is 0 Å². The molecule has 1 aromatic carbocycles. The molecular weight excluding hydrogens is 414 g/mol. The van der Waals surface area contributed by atoms with Crippen LogP contribution in [0.15, 0.2) is 45.8 Å². The summed E-state index contributed by atoms with van der Waals surface area (Å²) >= 11 is 3.20. The van der Waals surface area contributed by atoms with Gasteiger partial charge in [-0.15, -0.1) is 0 Å². The van der Waals surface area contributed by atoms with Gasteiger partial charge in [0.15, 0.2) is 11.6 Å². The minimum absolute atomic E-state index is 0.105. The molecule has 26 heavy (non-hydrogen) atoms. The summed E-state index contributed by atoms with van der Waals surface area (Å²) < 4.78 is 28.2. The first-order chi connectivity index (χ1) is 12.3. The van der Waals surface area contributed by atoms with Crippen LogP contribution in [0.4, 0.5) is 8.78 Å². The van der Waals surface area contributed by atoms with Gasteiger partial charge in [-0.1, -0.05) is 6.07 Å². The Kier molecular flexibility index (Phi) is 6.62. The van der Waals surface area contributed by atoms with Gasteiger partial charge in [-0.3, -0.25) is 14.4 Å². The SMILES string of the molecule is O=C(O)CCN(Cc1ccc(F)c(F)c1)C(=O)Cn1cc(Br)ccc1=O. The highest BCUT2D eigenvalue weighted by Crippen LogP contribution is 2.12. The number of carbonyl (C=O) groups is 2. The van der Waals surface area contributed by atoms with Crippen LogP contribution in [0.2, 0.25) is 0 Å². The molecule has 0 aliphatic heterocycles. The van der Waals surface area contributed by atoms with Crippen LogP contribution in [0.3, 0.4) is 0 Å². The van der Waals surface area contributed by atoms with Gasteiger partial charge < -0.3 is 14.6 Å². The number of pyridine rings is 1. The van der Waals surface area contributed by atoms with E-state index in [-0.39, 0.29) is 26.1 Å². The molecule has 0 saturated carbocycles. The second-order valence-corrected chi connectivity index (χ2v) is 6.44. The monoisotopic (exact) mass is 428 g/mol. The third-order valence-electron chi connectivity index (χ3n) is 3.56. The number of aromatic nitrogens is 1. The van der Waals surface area contributed by atoms with Crippen LogP contribution >= 0.6 is 15.9 Å². The standard InChI is InChI=1S/C17H15BrF2N2O4/c18-12-2-4-15(23)22(9-12)10-16(24)21(6-5-17(25)26)8-11-1-3-13(19)14(20)7-11/h1-4,7,9H,5-6,8,10H2,(H,25,26). The van der Waals surface area contributed by atoms with E-state index in [0.29, 0.717) is 10.0 Å². The number of halogens is 3. The van der Waals surface area contributed by atoms with Gasteiger partial charge >= 0.3 is 5.97 Å². The van der Waals surface area contributed by atoms with E-state index < -0.39 is 29.1 Å². The van der Waals surface area contributed by atoms with Crippen LogP contribution in [0.1, 0.15) is 12.0 Å². The molecule has 0 radical (unpaired) electrons. The molecule has 0 aliphatic carbocycles. The van der Waals surface area contributed by atoms with Crippen molar-refractivity contribution in [2.24, 2.45) is 0 Å². The average molecular weight is 429 g/mol. The molecule has 1 amide bonds. The Morgan fingerprint density at radius 3 is 2.54 bits per heavy atom. The van der Waals surface area contributed by atoms with E-state index in [2.05, 4.69) is 15.9 Å². The normalized spacial score (nSPS) is 10.6. The number of nitrogens with zero attached hydrogens (tertiary/aromatic N) is 2. The van der Waals surface area contributed by atoms with Gasteiger partial charge in [0.05, 0.1) is 6.42 Å². The second kappa shape index (κ2) is 8.70. The summed E-state index contributed by atoms with van der Waals surface area (Å²) in [6.07, 6.45) is 1.12. The molecule has 0 saturated heterocycles. The zero-order valence-corrected chi connectivity index (χ0v) is 15.1. The van der Waals surface area contributed by atoms with E-state index in [4.69, 9.17) is 5.11 Å². The molecule has 0 atom stereocenters. The van der Waals surface area contributed by atoms with Crippen molar-refractivity contribution in [3.8, 4) is 0 Å². The number of carboxylic acids is 1. The van der Waals surface area contributed by atoms with Crippen LogP contribution < -0.4 is 5.56 Å². The fourth-order valence-corrected chi connectivity index (χ4v) is 2.63. The molecule has 0 unspecified atom stereocenters. The maximum atomic E-state index is 13.4. The van der Waals surface area contributed by atoms with Gasteiger partial charge in [0.2, 0.25) is 5.91 Å². The van der Waals surface area contributed by atoms with Crippen molar-refractivity contribution < 1.29 is 23.5 Å². The molecule has 9 heteroatoms. The predicted octanol–water partition coefficient (Wildman–Crippen LogP) is 2.39. The lowest BCUT2D eigenvalue weighted by Gasteiger charge is -2.23. The summed E-state index contributed by atoms with van der Waals surface area (Å²) in [4.78, 5) is 36.4. The van der Waals surface area contributed by atoms with Crippen molar-refractivity contribution >= 4 is 27.8 Å². The molecule has 2 rings (SSSR count). The predicted molar refractivity (Wildman–Crippen MR) is 92.4 cm³/mol. The highest BCUT2D eigenvalue weighted by molar-refractivity contribution is 9.10. The summed E-state index contributed by atoms with van der Waals surface area (Å²) in [6.45, 7) is -0.538. The second-order valence-electron chi connectivity index (χ2n) is 5.52. The van der Waals surface area contributed by atoms with Gasteiger partial charge in [0, 0.05) is 29.8 Å². The molecule has 1 heterocycles. The first kappa shape index (κ1) is 19.8. The van der Waals surface area contributed by atoms with Gasteiger partial charge in [-0.2, -0.15) is 0 Å². The lowest BCUT2D eigenvalue weighted by Crippen LogP contribution is -2.37. The number of rotatable bonds is 7. The number of aliphatic carboxylic acids is 1. The Morgan fingerprint density at radius 2 is 1.88 bits per heavy atom. The first-order valence-electron chi connectivity index (χ1n) is 7.56. The Balaban J connectivity index is 2.20. The van der Waals surface area contributed by atoms with Crippen LogP contribution in [-0.2, 0) is 22.7 Å². The maximum Gasteiger partial charge on any atom is 0.305 e. The fourth-order valence-electron chi connectivity index (χ4n) is 2.25. The van der Waals surface area contributed by atoms with Gasteiger partial charge in [0.1, 0.15) is 6.54 Å². The number of amides is 1. The smallest absolute Gasteiger partial charge is 0.305 e. The van der Waals surface area contributed by atoms with Crippen molar-refractivity contribution in [2.75, 3.05) is 6.54 Å². The quantitative estimate of drug-likeness (QED) is 0.734. The van der Waals surface area contributed by atoms with E-state index >= 15 is 0 Å². The van der Waals surface area contributed by atoms with Crippen molar-refractivity contribution in [1.82, 2.24) is 9.47 Å². The topological polar surface area (TPSA) is 79.6 Å². The largest absolute Gasteiger partial charge is 0.481 e. The number of hydrogen-bond acceptors (Lipinski definition) is 3. The third kappa shape index (κ3) is 5.48. The maximum absolute atomic E-state index is 13.4. The number of hydrogen-bond donors (Lipinski definition) is 1. The van der Waals surface area contributed by atoms with Crippen molar-refractivity contribution in [2.45, 2.75) is 19.5 Å². The highest BCUT2D eigenvalue weighted by atomic mass is 79.9. The van der Waals surface area contributed by atoms with Gasteiger partial charge in [-0.05, 0) is 39.7 Å². The Morgan fingerprint density at radius 1 is 1.15 bits per heavy atom. The summed E-state index contributed by atoms with van der Waals surface area (Å²) in [5.41, 5.74) is -0.0863. The highest BCUT2D eigenvalue weighted by Gasteiger charge is 2.17. The van der Waals surface area contributed by atoms with E-state index in [0.717, 1.165) is 12.1 Å². The lowest BCUT2D eigenvalue weighted by atomic mass is 10.2. The molecule has 0 aliphatic rings. The Labute approximate surface area is 155 Å². The van der Waals surface area contributed by atoms with E-state index in [1.165, 1.54) is 33.9 Å². The van der Waals surface area contributed by atoms with Crippen molar-refractivity contribution in [3.63, 3.8) is 0 Å². The number of carbonyl (C=O) groups excluding carboxylic acids is 1. The van der Waals surface area contributed by atoms with Gasteiger partial charge in [0.25, 0.3) is 5.56 Å². The third-order valence-corrected chi connectivity index (χ3v) is 4.03. The molecule has 6 nitrogen and oxygen atoms in total. The first-order valence-corrected chi connectivity index (χ1v) is 8.35. The molecule has 1 N–H and O–H groups in total. The van der Waals surface area contributed by atoms with E-state index in [1.54, 1.807) is 0 Å². The van der Waals surface area contributed by atoms with Crippen LogP contribution in [0.5, 0.6) is 0 Å². The van der Waals surface area contributed by atoms with E-state index in [9.17, 15) is 23.2 Å². The molecule has 138 valence electrons. The molecule has 0 fully saturated rings. The number of carboxylic acid groups (broad SMARTS) is 1. The van der Waals surface area contributed by atoms with Crippen LogP contribution in [0, 0.1) is 11.6 Å². The minimum Gasteiger partial charge on any atom is -0.481 e. The fraction of sp³-hybridized carbons (Fsp3) is 0.235. The van der Waals surface area contributed by atoms with Crippen molar-refractivity contribution in [1.29, 1.82) is 0 Å². The Bertz CT molecular complexity index is 885. The zero-order chi connectivity index (χ0) is 19.3. The minimum atomic E-state index is -1.10. The molecule has 1 aromatic heterocycles. The van der Waals surface area contributed by atoms with Gasteiger partial charge in [-0.25, -0.2) is 8.78 Å². The summed E-state index contributed by atoms with van der Waals surface area (Å²) in [5, 5.41) is 8.85.